The molecule has 0 aliphatic rings. The summed E-state index contributed by atoms with van der Waals surface area (Å²) in [4.78, 5) is 12.8. The molecular formula is C15H15N3O3S2. The molecule has 6 nitrogen and oxygen atoms in total. The summed E-state index contributed by atoms with van der Waals surface area (Å²) in [5.74, 6) is -0.504. The Labute approximate surface area is 138 Å². The van der Waals surface area contributed by atoms with E-state index in [1.807, 2.05) is 13.0 Å². The van der Waals surface area contributed by atoms with E-state index in [4.69, 9.17) is 5.26 Å². The molecule has 2 N–H and O–H groups in total. The van der Waals surface area contributed by atoms with Crippen LogP contribution in [0.2, 0.25) is 0 Å². The Balaban J connectivity index is 1.96. The lowest BCUT2D eigenvalue weighted by atomic mass is 10.2. The van der Waals surface area contributed by atoms with Crippen LogP contribution < -0.4 is 10.0 Å². The first-order chi connectivity index (χ1) is 10.9. The van der Waals surface area contributed by atoms with Gasteiger partial charge in [-0.2, -0.15) is 5.26 Å². The van der Waals surface area contributed by atoms with E-state index >= 15 is 0 Å². The fourth-order valence-corrected chi connectivity index (χ4v) is 4.12. The maximum absolute atomic E-state index is 12.1. The second-order valence-corrected chi connectivity index (χ2v) is 7.80. The molecule has 120 valence electrons. The number of amides is 1. The van der Waals surface area contributed by atoms with Crippen molar-refractivity contribution in [2.45, 2.75) is 17.6 Å². The van der Waals surface area contributed by atoms with Gasteiger partial charge in [-0.3, -0.25) is 4.79 Å². The number of nitrogens with one attached hydrogen (secondary N) is 2. The zero-order valence-corrected chi connectivity index (χ0v) is 14.0. The first kappa shape index (κ1) is 17.1. The Morgan fingerprint density at radius 3 is 2.74 bits per heavy atom. The van der Waals surface area contributed by atoms with Crippen LogP contribution in [-0.4, -0.2) is 20.9 Å². The van der Waals surface area contributed by atoms with Crippen molar-refractivity contribution in [1.29, 1.82) is 5.26 Å². The summed E-state index contributed by atoms with van der Waals surface area (Å²) in [7, 11) is -3.69. The van der Waals surface area contributed by atoms with E-state index in [0.717, 1.165) is 11.3 Å². The summed E-state index contributed by atoms with van der Waals surface area (Å²) in [6.45, 7) is 1.57. The Bertz CT molecular complexity index is 851. The van der Waals surface area contributed by atoms with Gasteiger partial charge < -0.3 is 5.32 Å². The number of sulfonamides is 1. The topological polar surface area (TPSA) is 99.1 Å². The van der Waals surface area contributed by atoms with Crippen LogP contribution in [0.5, 0.6) is 0 Å². The Morgan fingerprint density at radius 1 is 1.30 bits per heavy atom. The second-order valence-electron chi connectivity index (χ2n) is 4.64. The molecule has 2 aromatic rings. The minimum absolute atomic E-state index is 0.189. The van der Waals surface area contributed by atoms with Gasteiger partial charge in [0.05, 0.1) is 18.2 Å². The smallest absolute Gasteiger partial charge is 0.250 e. The Hall–Kier alpha value is -2.21. The molecule has 0 unspecified atom stereocenters. The minimum atomic E-state index is -3.69. The van der Waals surface area contributed by atoms with Crippen LogP contribution in [0.4, 0.5) is 5.69 Å². The molecule has 1 heterocycles. The molecule has 0 radical (unpaired) electrons. The molecule has 1 aromatic carbocycles. The van der Waals surface area contributed by atoms with Gasteiger partial charge in [-0.05, 0) is 36.8 Å². The zero-order chi connectivity index (χ0) is 16.9. The van der Waals surface area contributed by atoms with E-state index in [0.29, 0.717) is 11.3 Å². The van der Waals surface area contributed by atoms with Crippen LogP contribution in [0.1, 0.15) is 17.4 Å². The van der Waals surface area contributed by atoms with E-state index in [1.165, 1.54) is 23.5 Å². The summed E-state index contributed by atoms with van der Waals surface area (Å²) in [5.41, 5.74) is 0.853. The highest BCUT2D eigenvalue weighted by Crippen LogP contribution is 2.21. The number of hydrogen-bond acceptors (Lipinski definition) is 5. The highest BCUT2D eigenvalue weighted by Gasteiger charge is 2.17. The van der Waals surface area contributed by atoms with Gasteiger partial charge in [0.2, 0.25) is 5.91 Å². The molecule has 0 fully saturated rings. The van der Waals surface area contributed by atoms with Crippen molar-refractivity contribution in [3.8, 4) is 6.07 Å². The highest BCUT2D eigenvalue weighted by atomic mass is 32.2. The average molecular weight is 349 g/mol. The van der Waals surface area contributed by atoms with Gasteiger partial charge in [-0.15, -0.1) is 11.3 Å². The lowest BCUT2D eigenvalue weighted by molar-refractivity contribution is -0.115. The summed E-state index contributed by atoms with van der Waals surface area (Å²) in [6, 6.07) is 11.6. The summed E-state index contributed by atoms with van der Waals surface area (Å²) >= 11 is 1.18. The first-order valence-electron chi connectivity index (χ1n) is 6.83. The van der Waals surface area contributed by atoms with Crippen molar-refractivity contribution in [2.24, 2.45) is 0 Å². The van der Waals surface area contributed by atoms with E-state index in [-0.39, 0.29) is 10.8 Å². The highest BCUT2D eigenvalue weighted by molar-refractivity contribution is 7.91. The molecule has 0 spiro atoms. The number of anilines is 1. The van der Waals surface area contributed by atoms with Crippen molar-refractivity contribution in [1.82, 2.24) is 4.72 Å². The quantitative estimate of drug-likeness (QED) is 0.834. The predicted octanol–water partition coefficient (Wildman–Crippen LogP) is 2.10. The molecule has 2 rings (SSSR count). The van der Waals surface area contributed by atoms with Crippen LogP contribution in [0.25, 0.3) is 0 Å². The third kappa shape index (κ3) is 4.63. The Kier molecular flexibility index (Phi) is 5.50. The molecule has 0 saturated heterocycles. The third-order valence-electron chi connectivity index (χ3n) is 2.95. The lowest BCUT2D eigenvalue weighted by Gasteiger charge is -2.07. The molecule has 0 bridgehead atoms. The fraction of sp³-hybridized carbons (Fsp3) is 0.200. The maximum Gasteiger partial charge on any atom is 0.250 e. The minimum Gasteiger partial charge on any atom is -0.325 e. The number of benzene rings is 1. The number of thiophene rings is 1. The molecule has 23 heavy (non-hydrogen) atoms. The molecule has 0 aliphatic carbocycles. The predicted molar refractivity (Wildman–Crippen MR) is 88.7 cm³/mol. The van der Waals surface area contributed by atoms with Gasteiger partial charge in [0, 0.05) is 10.6 Å². The largest absolute Gasteiger partial charge is 0.325 e. The molecule has 0 aliphatic heterocycles. The van der Waals surface area contributed by atoms with Gasteiger partial charge in [0.15, 0.2) is 0 Å². The number of rotatable bonds is 6. The van der Waals surface area contributed by atoms with E-state index in [2.05, 4.69) is 10.0 Å². The van der Waals surface area contributed by atoms with Crippen molar-refractivity contribution in [3.05, 3.63) is 46.8 Å². The first-order valence-corrected chi connectivity index (χ1v) is 9.13. The molecule has 8 heteroatoms. The van der Waals surface area contributed by atoms with E-state index in [9.17, 15) is 13.2 Å². The third-order valence-corrected chi connectivity index (χ3v) is 6.07. The van der Waals surface area contributed by atoms with E-state index in [1.54, 1.807) is 24.3 Å². The zero-order valence-electron chi connectivity index (χ0n) is 12.4. The summed E-state index contributed by atoms with van der Waals surface area (Å²) in [5, 5.41) is 11.3. The van der Waals surface area contributed by atoms with Crippen LogP contribution in [0.3, 0.4) is 0 Å². The monoisotopic (exact) mass is 349 g/mol. The molecular weight excluding hydrogens is 334 g/mol. The van der Waals surface area contributed by atoms with Crippen LogP contribution in [-0.2, 0) is 21.2 Å². The van der Waals surface area contributed by atoms with Gasteiger partial charge in [0.25, 0.3) is 10.0 Å². The number of hydrogen-bond donors (Lipinski definition) is 2. The SMILES string of the molecule is CCc1ccc(S(=O)(=O)NCC(=O)Nc2cccc(C#N)c2)s1. The summed E-state index contributed by atoms with van der Waals surface area (Å²) < 4.78 is 26.6. The maximum atomic E-state index is 12.1. The van der Waals surface area contributed by atoms with Crippen molar-refractivity contribution in [2.75, 3.05) is 11.9 Å². The number of carbonyl (C=O) groups excluding carboxylic acids is 1. The van der Waals surface area contributed by atoms with Gasteiger partial charge >= 0.3 is 0 Å². The van der Waals surface area contributed by atoms with Crippen LogP contribution >= 0.6 is 11.3 Å². The normalized spacial score (nSPS) is 11.0. The summed E-state index contributed by atoms with van der Waals surface area (Å²) in [6.07, 6.45) is 0.760. The van der Waals surface area contributed by atoms with E-state index < -0.39 is 15.9 Å². The second kappa shape index (κ2) is 7.37. The van der Waals surface area contributed by atoms with Gasteiger partial charge in [-0.1, -0.05) is 13.0 Å². The number of carbonyl (C=O) groups is 1. The molecule has 0 atom stereocenters. The fourth-order valence-electron chi connectivity index (χ4n) is 1.80. The van der Waals surface area contributed by atoms with Crippen LogP contribution in [0.15, 0.2) is 40.6 Å². The standard InChI is InChI=1S/C15H15N3O3S2/c1-2-13-6-7-15(22-13)23(20,21)17-10-14(19)18-12-5-3-4-11(8-12)9-16/h3-8,17H,2,10H2,1H3,(H,18,19). The van der Waals surface area contributed by atoms with Crippen molar-refractivity contribution >= 4 is 33.0 Å². The van der Waals surface area contributed by atoms with Gasteiger partial charge in [0.1, 0.15) is 4.21 Å². The lowest BCUT2D eigenvalue weighted by Crippen LogP contribution is -2.32. The van der Waals surface area contributed by atoms with Crippen LogP contribution in [0, 0.1) is 11.3 Å². The van der Waals surface area contributed by atoms with Crippen molar-refractivity contribution in [3.63, 3.8) is 0 Å². The number of nitrogens with zero attached hydrogens (tertiary/aromatic N) is 1. The Morgan fingerprint density at radius 2 is 2.09 bits per heavy atom. The molecule has 0 saturated carbocycles. The average Bonchev–Trinajstić information content (AvgIpc) is 3.03. The van der Waals surface area contributed by atoms with Gasteiger partial charge in [-0.25, -0.2) is 13.1 Å². The van der Waals surface area contributed by atoms with Crippen molar-refractivity contribution < 1.29 is 13.2 Å². The number of nitriles is 1. The molecule has 1 amide bonds. The molecule has 1 aromatic heterocycles. The number of aryl methyl sites for hydroxylation is 1.